The highest BCUT2D eigenvalue weighted by molar-refractivity contribution is 14.0. The van der Waals surface area contributed by atoms with Crippen LogP contribution in [0, 0.1) is 5.92 Å². The Hall–Kier alpha value is -2.04. The number of nitrogens with one attached hydrogen (secondary N) is 2. The highest BCUT2D eigenvalue weighted by Crippen LogP contribution is 2.27. The molecule has 1 aliphatic carbocycles. The lowest BCUT2D eigenvalue weighted by Gasteiger charge is -2.26. The lowest BCUT2D eigenvalue weighted by Crippen LogP contribution is -2.45. The van der Waals surface area contributed by atoms with Gasteiger partial charge in [0, 0.05) is 31.6 Å². The number of hydrogen-bond acceptors (Lipinski definition) is 5. The van der Waals surface area contributed by atoms with E-state index in [0.29, 0.717) is 29.7 Å². The second-order valence-electron chi connectivity index (χ2n) is 8.47. The van der Waals surface area contributed by atoms with E-state index in [9.17, 15) is 9.59 Å². The average Bonchev–Trinajstić information content (AvgIpc) is 3.30. The number of methoxy groups -OCH3 is 2. The predicted octanol–water partition coefficient (Wildman–Crippen LogP) is 3.34. The van der Waals surface area contributed by atoms with E-state index in [2.05, 4.69) is 15.6 Å². The van der Waals surface area contributed by atoms with Crippen molar-refractivity contribution in [2.45, 2.75) is 58.0 Å². The van der Waals surface area contributed by atoms with Crippen molar-refractivity contribution in [2.75, 3.05) is 33.9 Å². The van der Waals surface area contributed by atoms with E-state index in [0.717, 1.165) is 44.5 Å². The molecule has 1 saturated heterocycles. The summed E-state index contributed by atoms with van der Waals surface area (Å²) in [5.74, 6) is 1.28. The smallest absolute Gasteiger partial charge is 0.341 e. The molecule has 1 aromatic carbocycles. The molecule has 1 saturated carbocycles. The highest BCUT2D eigenvalue weighted by atomic mass is 127. The lowest BCUT2D eigenvalue weighted by molar-refractivity contribution is -0.135. The maximum Gasteiger partial charge on any atom is 0.341 e. The number of halogens is 1. The number of benzene rings is 1. The van der Waals surface area contributed by atoms with Gasteiger partial charge in [-0.25, -0.2) is 9.79 Å². The Bertz CT molecular complexity index is 827. The Morgan fingerprint density at radius 2 is 1.91 bits per heavy atom. The van der Waals surface area contributed by atoms with E-state index in [1.807, 2.05) is 17.9 Å². The van der Waals surface area contributed by atoms with Crippen molar-refractivity contribution in [3.8, 4) is 5.75 Å². The number of hydrogen-bond donors (Lipinski definition) is 2. The average molecular weight is 572 g/mol. The van der Waals surface area contributed by atoms with Gasteiger partial charge in [-0.1, -0.05) is 25.3 Å². The fourth-order valence-electron chi connectivity index (χ4n) is 4.49. The first kappa shape index (κ1) is 27.2. The molecule has 0 spiro atoms. The number of carbonyl (C=O) groups excluding carboxylic acids is 2. The van der Waals surface area contributed by atoms with Crippen molar-refractivity contribution < 1.29 is 19.1 Å². The first-order chi connectivity index (χ1) is 15.5. The van der Waals surface area contributed by atoms with Gasteiger partial charge in [0.15, 0.2) is 5.96 Å². The maximum atomic E-state index is 12.8. The zero-order valence-electron chi connectivity index (χ0n) is 19.9. The number of amides is 1. The molecule has 1 amide bonds. The zero-order valence-corrected chi connectivity index (χ0v) is 22.2. The highest BCUT2D eigenvalue weighted by Gasteiger charge is 2.31. The van der Waals surface area contributed by atoms with E-state index >= 15 is 0 Å². The summed E-state index contributed by atoms with van der Waals surface area (Å²) >= 11 is 0. The Morgan fingerprint density at radius 3 is 2.58 bits per heavy atom. The Kier molecular flexibility index (Phi) is 11.2. The van der Waals surface area contributed by atoms with Crippen LogP contribution in [0.5, 0.6) is 5.75 Å². The van der Waals surface area contributed by atoms with Gasteiger partial charge in [0.25, 0.3) is 0 Å². The molecule has 2 fully saturated rings. The second-order valence-corrected chi connectivity index (χ2v) is 8.47. The molecule has 1 aromatic rings. The van der Waals surface area contributed by atoms with E-state index in [-0.39, 0.29) is 35.9 Å². The summed E-state index contributed by atoms with van der Waals surface area (Å²) in [4.78, 5) is 31.6. The molecule has 0 radical (unpaired) electrons. The van der Waals surface area contributed by atoms with E-state index in [1.165, 1.54) is 33.5 Å². The fourth-order valence-corrected chi connectivity index (χ4v) is 4.49. The van der Waals surface area contributed by atoms with E-state index in [4.69, 9.17) is 9.47 Å². The lowest BCUT2D eigenvalue weighted by atomic mass is 9.88. The maximum absolute atomic E-state index is 12.8. The van der Waals surface area contributed by atoms with Crippen LogP contribution in [0.4, 0.5) is 0 Å². The largest absolute Gasteiger partial charge is 0.496 e. The normalized spacial score (nSPS) is 18.9. The van der Waals surface area contributed by atoms with Crippen molar-refractivity contribution in [1.29, 1.82) is 0 Å². The number of aliphatic imine (C=N–C) groups is 1. The van der Waals surface area contributed by atoms with Crippen molar-refractivity contribution in [2.24, 2.45) is 10.9 Å². The summed E-state index contributed by atoms with van der Waals surface area (Å²) < 4.78 is 10.1. The van der Waals surface area contributed by atoms with Gasteiger partial charge in [0.1, 0.15) is 11.3 Å². The Labute approximate surface area is 213 Å². The minimum Gasteiger partial charge on any atom is -0.496 e. The summed E-state index contributed by atoms with van der Waals surface area (Å²) in [5.41, 5.74) is 1.26. The van der Waals surface area contributed by atoms with Crippen LogP contribution >= 0.6 is 24.0 Å². The van der Waals surface area contributed by atoms with Crippen LogP contribution < -0.4 is 15.4 Å². The summed E-state index contributed by atoms with van der Waals surface area (Å²) in [7, 11) is 2.88. The molecule has 9 heteroatoms. The van der Waals surface area contributed by atoms with Crippen LogP contribution in [0.15, 0.2) is 23.2 Å². The van der Waals surface area contributed by atoms with Gasteiger partial charge in [-0.2, -0.15) is 0 Å². The van der Waals surface area contributed by atoms with Gasteiger partial charge < -0.3 is 25.0 Å². The number of nitrogens with zero attached hydrogens (tertiary/aromatic N) is 2. The predicted molar refractivity (Wildman–Crippen MR) is 139 cm³/mol. The number of guanidine groups is 1. The number of carbonyl (C=O) groups is 2. The summed E-state index contributed by atoms with van der Waals surface area (Å²) in [5, 5.41) is 6.75. The van der Waals surface area contributed by atoms with Gasteiger partial charge in [-0.05, 0) is 43.9 Å². The van der Waals surface area contributed by atoms with Gasteiger partial charge in [-0.15, -0.1) is 24.0 Å². The molecule has 184 valence electrons. The standard InChI is InChI=1S/C24H36N4O4.HI/c1-4-25-24(26-15-17-10-11-21(31-2)20(14-17)23(30)32-3)27-19-12-13-28(16-19)22(29)18-8-6-5-7-9-18;/h10-11,14,18-19H,4-9,12-13,15-16H2,1-3H3,(H2,25,26,27);1H. The molecule has 2 aliphatic rings. The van der Waals surface area contributed by atoms with Gasteiger partial charge in [0.2, 0.25) is 5.91 Å². The first-order valence-corrected chi connectivity index (χ1v) is 11.6. The third kappa shape index (κ3) is 7.48. The van der Waals surface area contributed by atoms with Crippen LogP contribution in [0.2, 0.25) is 0 Å². The van der Waals surface area contributed by atoms with Gasteiger partial charge in [-0.3, -0.25) is 4.79 Å². The first-order valence-electron chi connectivity index (χ1n) is 11.6. The van der Waals surface area contributed by atoms with Crippen LogP contribution in [0.25, 0.3) is 0 Å². The number of likely N-dealkylation sites (tertiary alicyclic amines) is 1. The van der Waals surface area contributed by atoms with Crippen LogP contribution in [-0.4, -0.2) is 62.6 Å². The zero-order chi connectivity index (χ0) is 22.9. The van der Waals surface area contributed by atoms with Gasteiger partial charge >= 0.3 is 5.97 Å². The summed E-state index contributed by atoms with van der Waals surface area (Å²) in [6.07, 6.45) is 6.59. The second kappa shape index (κ2) is 13.6. The SMILES string of the molecule is CCNC(=NCc1ccc(OC)c(C(=O)OC)c1)NC1CCN(C(=O)C2CCCCC2)C1.I. The topological polar surface area (TPSA) is 92.3 Å². The molecule has 1 aliphatic heterocycles. The summed E-state index contributed by atoms with van der Waals surface area (Å²) in [6, 6.07) is 5.57. The molecule has 0 bridgehead atoms. The number of rotatable bonds is 7. The molecule has 3 rings (SSSR count). The van der Waals surface area contributed by atoms with E-state index < -0.39 is 5.97 Å². The molecule has 8 nitrogen and oxygen atoms in total. The van der Waals surface area contributed by atoms with Crippen molar-refractivity contribution in [3.05, 3.63) is 29.3 Å². The molecular formula is C24H37IN4O4. The fraction of sp³-hybridized carbons (Fsp3) is 0.625. The molecule has 1 atom stereocenters. The molecular weight excluding hydrogens is 535 g/mol. The van der Waals surface area contributed by atoms with Crippen molar-refractivity contribution >= 4 is 41.8 Å². The number of esters is 1. The third-order valence-corrected chi connectivity index (χ3v) is 6.23. The van der Waals surface area contributed by atoms with Crippen LogP contribution in [0.3, 0.4) is 0 Å². The van der Waals surface area contributed by atoms with Crippen molar-refractivity contribution in [3.63, 3.8) is 0 Å². The monoisotopic (exact) mass is 572 g/mol. The third-order valence-electron chi connectivity index (χ3n) is 6.23. The quantitative estimate of drug-likeness (QED) is 0.226. The minimum absolute atomic E-state index is 0. The van der Waals surface area contributed by atoms with Crippen LogP contribution in [-0.2, 0) is 16.1 Å². The van der Waals surface area contributed by atoms with E-state index in [1.54, 1.807) is 12.1 Å². The molecule has 2 N–H and O–H groups in total. The van der Waals surface area contributed by atoms with Crippen molar-refractivity contribution in [1.82, 2.24) is 15.5 Å². The van der Waals surface area contributed by atoms with Gasteiger partial charge in [0.05, 0.1) is 20.8 Å². The summed E-state index contributed by atoms with van der Waals surface area (Å²) in [6.45, 7) is 4.68. The Morgan fingerprint density at radius 1 is 1.15 bits per heavy atom. The molecule has 33 heavy (non-hydrogen) atoms. The molecule has 1 unspecified atom stereocenters. The molecule has 1 heterocycles. The minimum atomic E-state index is -0.439. The Balaban J connectivity index is 0.00000385. The van der Waals surface area contributed by atoms with Crippen LogP contribution in [0.1, 0.15) is 61.4 Å². The molecule has 0 aromatic heterocycles. The number of ether oxygens (including phenoxy) is 2.